The molecular weight excluding hydrogens is 444 g/mol. The Morgan fingerprint density at radius 1 is 1.11 bits per heavy atom. The summed E-state index contributed by atoms with van der Waals surface area (Å²) in [6, 6.07) is 13.5. The first-order chi connectivity index (χ1) is 16.6. The Kier molecular flexibility index (Phi) is 7.05. The van der Waals surface area contributed by atoms with Crippen molar-refractivity contribution in [1.29, 1.82) is 0 Å². The van der Waals surface area contributed by atoms with Gasteiger partial charge in [0.2, 0.25) is 0 Å². The zero-order valence-electron chi connectivity index (χ0n) is 21.2. The first-order valence-corrected chi connectivity index (χ1v) is 12.0. The molecule has 7 nitrogen and oxygen atoms in total. The number of rotatable bonds is 6. The van der Waals surface area contributed by atoms with Crippen molar-refractivity contribution >= 4 is 16.9 Å². The van der Waals surface area contributed by atoms with Crippen LogP contribution in [0.4, 0.5) is 4.79 Å². The quantitative estimate of drug-likeness (QED) is 0.499. The van der Waals surface area contributed by atoms with E-state index >= 15 is 0 Å². The number of hydrogen-bond donors (Lipinski definition) is 0. The Bertz CT molecular complexity index is 1260. The molecule has 0 saturated carbocycles. The van der Waals surface area contributed by atoms with Gasteiger partial charge in [-0.25, -0.2) is 4.79 Å². The normalized spacial score (nSPS) is 15.9. The molecule has 0 spiro atoms. The molecule has 0 unspecified atom stereocenters. The fraction of sp³-hybridized carbons (Fsp3) is 0.429. The van der Waals surface area contributed by atoms with Crippen LogP contribution in [0.3, 0.4) is 0 Å². The monoisotopic (exact) mass is 478 g/mol. The van der Waals surface area contributed by atoms with Crippen molar-refractivity contribution in [3.8, 4) is 11.5 Å². The highest BCUT2D eigenvalue weighted by molar-refractivity contribution is 5.84. The first-order valence-electron chi connectivity index (χ1n) is 12.0. The molecule has 1 fully saturated rings. The minimum absolute atomic E-state index is 0.0308. The second kappa shape index (κ2) is 10.0. The van der Waals surface area contributed by atoms with Crippen molar-refractivity contribution in [3.05, 3.63) is 70.1 Å². The smallest absolute Gasteiger partial charge is 0.410 e. The minimum atomic E-state index is -0.499. The summed E-state index contributed by atoms with van der Waals surface area (Å²) in [6.45, 7) is 9.88. The van der Waals surface area contributed by atoms with Crippen LogP contribution in [0.15, 0.2) is 53.5 Å². The molecule has 7 heteroatoms. The summed E-state index contributed by atoms with van der Waals surface area (Å²) >= 11 is 0. The molecule has 3 aromatic rings. The van der Waals surface area contributed by atoms with Crippen molar-refractivity contribution in [1.82, 2.24) is 9.47 Å². The lowest BCUT2D eigenvalue weighted by Crippen LogP contribution is -2.35. The van der Waals surface area contributed by atoms with Crippen LogP contribution in [0.1, 0.15) is 38.3 Å². The zero-order valence-corrected chi connectivity index (χ0v) is 21.2. The lowest BCUT2D eigenvalue weighted by molar-refractivity contribution is 0.0284. The Morgan fingerprint density at radius 3 is 2.54 bits per heavy atom. The number of aryl methyl sites for hydroxylation is 1. The Morgan fingerprint density at radius 2 is 1.86 bits per heavy atom. The van der Waals surface area contributed by atoms with E-state index in [0.29, 0.717) is 31.6 Å². The third kappa shape index (κ3) is 5.96. The number of amides is 1. The first kappa shape index (κ1) is 24.6. The molecular formula is C28H34N2O5. The summed E-state index contributed by atoms with van der Waals surface area (Å²) in [5.41, 5.74) is 1.41. The number of pyridine rings is 1. The number of nitrogens with zero attached hydrogens (tertiary/aromatic N) is 2. The number of carbonyl (C=O) groups is 1. The van der Waals surface area contributed by atoms with Gasteiger partial charge in [0.05, 0.1) is 20.3 Å². The van der Waals surface area contributed by atoms with Gasteiger partial charge in [-0.2, -0.15) is 0 Å². The molecule has 1 aromatic heterocycles. The molecule has 35 heavy (non-hydrogen) atoms. The van der Waals surface area contributed by atoms with Crippen LogP contribution in [0, 0.1) is 12.8 Å². The van der Waals surface area contributed by atoms with E-state index in [9.17, 15) is 9.59 Å². The fourth-order valence-corrected chi connectivity index (χ4v) is 4.30. The van der Waals surface area contributed by atoms with Crippen LogP contribution in [0.5, 0.6) is 11.5 Å². The molecule has 0 bridgehead atoms. The largest absolute Gasteiger partial charge is 0.497 e. The predicted octanol–water partition coefficient (Wildman–Crippen LogP) is 5.00. The number of fused-ring (bicyclic) bond motifs is 1. The molecule has 0 aliphatic carbocycles. The molecule has 1 aliphatic rings. The van der Waals surface area contributed by atoms with E-state index in [2.05, 4.69) is 0 Å². The molecule has 1 amide bonds. The number of carbonyl (C=O) groups excluding carboxylic acids is 1. The second-order valence-electron chi connectivity index (χ2n) is 10.2. The number of aromatic nitrogens is 1. The molecule has 2 heterocycles. The van der Waals surface area contributed by atoms with Crippen LogP contribution >= 0.6 is 0 Å². The van der Waals surface area contributed by atoms with E-state index in [0.717, 1.165) is 34.4 Å². The van der Waals surface area contributed by atoms with Crippen LogP contribution in [0.2, 0.25) is 0 Å². The summed E-state index contributed by atoms with van der Waals surface area (Å²) in [7, 11) is 1.63. The van der Waals surface area contributed by atoms with Gasteiger partial charge in [-0.1, -0.05) is 12.1 Å². The second-order valence-corrected chi connectivity index (χ2v) is 10.2. The van der Waals surface area contributed by atoms with Gasteiger partial charge < -0.3 is 23.7 Å². The maximum Gasteiger partial charge on any atom is 0.410 e. The highest BCUT2D eigenvalue weighted by Crippen LogP contribution is 2.26. The molecule has 1 aliphatic heterocycles. The number of hydrogen-bond acceptors (Lipinski definition) is 5. The maximum absolute atomic E-state index is 13.1. The number of methoxy groups -OCH3 is 1. The summed E-state index contributed by atoms with van der Waals surface area (Å²) < 4.78 is 18.5. The van der Waals surface area contributed by atoms with E-state index in [1.807, 2.05) is 76.4 Å². The van der Waals surface area contributed by atoms with Crippen LogP contribution < -0.4 is 15.0 Å². The highest BCUT2D eigenvalue weighted by atomic mass is 16.6. The summed E-state index contributed by atoms with van der Waals surface area (Å²) in [5, 5.41) is 1.52. The van der Waals surface area contributed by atoms with Crippen molar-refractivity contribution in [3.63, 3.8) is 0 Å². The minimum Gasteiger partial charge on any atom is -0.497 e. The molecule has 1 atom stereocenters. The molecule has 1 saturated heterocycles. The van der Waals surface area contributed by atoms with Crippen molar-refractivity contribution in [2.24, 2.45) is 5.92 Å². The average molecular weight is 479 g/mol. The van der Waals surface area contributed by atoms with Gasteiger partial charge in [0.1, 0.15) is 17.1 Å². The Labute approximate surface area is 206 Å². The standard InChI is InChI=1S/C28H34N2O5/c1-19-14-24-22(11-13-29(26(24)31)16-20-6-8-23(33-5)9-7-20)15-25(19)34-18-21-10-12-30(17-21)27(32)35-28(2,3)4/h6-9,11,13-15,21H,10,12,16-18H2,1-5H3/t21-/m1/s1. The van der Waals surface area contributed by atoms with Gasteiger partial charge in [-0.15, -0.1) is 0 Å². The lowest BCUT2D eigenvalue weighted by atomic mass is 10.1. The summed E-state index contributed by atoms with van der Waals surface area (Å²) in [5.74, 6) is 1.80. The lowest BCUT2D eigenvalue weighted by Gasteiger charge is -2.24. The van der Waals surface area contributed by atoms with Gasteiger partial charge in [0.15, 0.2) is 0 Å². The van der Waals surface area contributed by atoms with Crippen molar-refractivity contribution in [2.45, 2.75) is 46.3 Å². The van der Waals surface area contributed by atoms with E-state index < -0.39 is 5.60 Å². The van der Waals surface area contributed by atoms with E-state index in [-0.39, 0.29) is 17.6 Å². The third-order valence-corrected chi connectivity index (χ3v) is 6.20. The summed E-state index contributed by atoms with van der Waals surface area (Å²) in [4.78, 5) is 27.2. The number of benzene rings is 2. The predicted molar refractivity (Wildman–Crippen MR) is 136 cm³/mol. The van der Waals surface area contributed by atoms with Gasteiger partial charge >= 0.3 is 6.09 Å². The van der Waals surface area contributed by atoms with Crippen LogP contribution in [-0.4, -0.2) is 48.0 Å². The molecule has 4 rings (SSSR count). The zero-order chi connectivity index (χ0) is 25.2. The van der Waals surface area contributed by atoms with Gasteiger partial charge in [-0.05, 0) is 81.0 Å². The maximum atomic E-state index is 13.1. The van der Waals surface area contributed by atoms with Gasteiger partial charge in [-0.3, -0.25) is 4.79 Å². The van der Waals surface area contributed by atoms with Crippen LogP contribution in [0.25, 0.3) is 10.8 Å². The molecule has 0 N–H and O–H groups in total. The van der Waals surface area contributed by atoms with Gasteiger partial charge in [0.25, 0.3) is 5.56 Å². The van der Waals surface area contributed by atoms with Crippen LogP contribution in [-0.2, 0) is 11.3 Å². The average Bonchev–Trinajstić information content (AvgIpc) is 3.29. The topological polar surface area (TPSA) is 70.0 Å². The van der Waals surface area contributed by atoms with E-state index in [1.54, 1.807) is 16.6 Å². The highest BCUT2D eigenvalue weighted by Gasteiger charge is 2.30. The number of likely N-dealkylation sites (tertiary alicyclic amines) is 1. The van der Waals surface area contributed by atoms with E-state index in [4.69, 9.17) is 14.2 Å². The fourth-order valence-electron chi connectivity index (χ4n) is 4.30. The van der Waals surface area contributed by atoms with Gasteiger partial charge in [0, 0.05) is 30.6 Å². The Balaban J connectivity index is 1.42. The third-order valence-electron chi connectivity index (χ3n) is 6.20. The number of ether oxygens (including phenoxy) is 3. The summed E-state index contributed by atoms with van der Waals surface area (Å²) in [6.07, 6.45) is 2.43. The van der Waals surface area contributed by atoms with E-state index in [1.165, 1.54) is 0 Å². The Hall–Kier alpha value is -3.48. The molecule has 0 radical (unpaired) electrons. The van der Waals surface area contributed by atoms with Crippen molar-refractivity contribution in [2.75, 3.05) is 26.8 Å². The van der Waals surface area contributed by atoms with Crippen molar-refractivity contribution < 1.29 is 19.0 Å². The SMILES string of the molecule is COc1ccc(Cn2ccc3cc(OC[C@@H]4CCN(C(=O)OC(C)(C)C)C4)c(C)cc3c2=O)cc1. The molecule has 186 valence electrons. The molecule has 2 aromatic carbocycles.